The van der Waals surface area contributed by atoms with Crippen LogP contribution in [0, 0.1) is 0 Å². The van der Waals surface area contributed by atoms with Crippen LogP contribution in [0.3, 0.4) is 0 Å². The normalized spacial score (nSPS) is 20.4. The Labute approximate surface area is 128 Å². The van der Waals surface area contributed by atoms with Gasteiger partial charge in [0.25, 0.3) is 0 Å². The molecule has 4 nitrogen and oxygen atoms in total. The van der Waals surface area contributed by atoms with Gasteiger partial charge in [-0.15, -0.1) is 0 Å². The van der Waals surface area contributed by atoms with Crippen molar-refractivity contribution in [3.63, 3.8) is 0 Å². The van der Waals surface area contributed by atoms with Crippen molar-refractivity contribution in [3.05, 3.63) is 29.8 Å². The standard InChI is InChI=1S/C16H26N2O2S/c1-16(2,3)13-7-9-15(10-8-13)21(19,20)18-12-14-6-4-5-11-17-14/h7-10,14,17-18H,4-6,11-12H2,1-3H3. The quantitative estimate of drug-likeness (QED) is 0.898. The van der Waals surface area contributed by atoms with Gasteiger partial charge in [0, 0.05) is 12.6 Å². The summed E-state index contributed by atoms with van der Waals surface area (Å²) in [6, 6.07) is 7.43. The van der Waals surface area contributed by atoms with Crippen LogP contribution in [0.5, 0.6) is 0 Å². The van der Waals surface area contributed by atoms with Crippen LogP contribution in [-0.4, -0.2) is 27.5 Å². The lowest BCUT2D eigenvalue weighted by Gasteiger charge is -2.23. The average Bonchev–Trinajstić information content (AvgIpc) is 2.46. The second-order valence-corrected chi connectivity index (χ2v) is 8.54. The molecule has 0 bridgehead atoms. The first kappa shape index (κ1) is 16.5. The molecule has 2 N–H and O–H groups in total. The number of rotatable bonds is 4. The molecule has 1 aliphatic heterocycles. The Morgan fingerprint density at radius 1 is 1.19 bits per heavy atom. The molecule has 1 aromatic rings. The molecule has 0 amide bonds. The molecule has 1 heterocycles. The predicted molar refractivity (Wildman–Crippen MR) is 86.0 cm³/mol. The molecule has 2 rings (SSSR count). The van der Waals surface area contributed by atoms with Gasteiger partial charge < -0.3 is 5.32 Å². The number of piperidine rings is 1. The zero-order valence-corrected chi connectivity index (χ0v) is 14.0. The first-order chi connectivity index (χ1) is 9.79. The lowest BCUT2D eigenvalue weighted by atomic mass is 9.87. The number of sulfonamides is 1. The van der Waals surface area contributed by atoms with Crippen molar-refractivity contribution in [3.8, 4) is 0 Å². The highest BCUT2D eigenvalue weighted by Gasteiger charge is 2.19. The molecule has 0 spiro atoms. The van der Waals surface area contributed by atoms with Gasteiger partial charge in [0.2, 0.25) is 10.0 Å². The molecule has 0 radical (unpaired) electrons. The molecule has 1 fully saturated rings. The number of benzene rings is 1. The fourth-order valence-corrected chi connectivity index (χ4v) is 3.61. The van der Waals surface area contributed by atoms with Gasteiger partial charge in [-0.05, 0) is 42.5 Å². The molecule has 0 aliphatic carbocycles. The Bertz CT molecular complexity index is 553. The molecule has 1 aromatic carbocycles. The largest absolute Gasteiger partial charge is 0.313 e. The van der Waals surface area contributed by atoms with Gasteiger partial charge in [0.05, 0.1) is 4.90 Å². The van der Waals surface area contributed by atoms with E-state index in [4.69, 9.17) is 0 Å². The molecule has 118 valence electrons. The molecule has 21 heavy (non-hydrogen) atoms. The molecule has 0 aromatic heterocycles. The van der Waals surface area contributed by atoms with Gasteiger partial charge in [-0.1, -0.05) is 39.3 Å². The van der Waals surface area contributed by atoms with Crippen molar-refractivity contribution in [2.45, 2.75) is 56.4 Å². The maximum absolute atomic E-state index is 12.3. The topological polar surface area (TPSA) is 58.2 Å². The minimum Gasteiger partial charge on any atom is -0.313 e. The molecule has 1 atom stereocenters. The fourth-order valence-electron chi connectivity index (χ4n) is 2.53. The molecule has 1 aliphatic rings. The Balaban J connectivity index is 2.01. The first-order valence-electron chi connectivity index (χ1n) is 7.63. The zero-order valence-electron chi connectivity index (χ0n) is 13.1. The highest BCUT2D eigenvalue weighted by Crippen LogP contribution is 2.23. The van der Waals surface area contributed by atoms with Crippen molar-refractivity contribution >= 4 is 10.0 Å². The van der Waals surface area contributed by atoms with E-state index in [2.05, 4.69) is 30.8 Å². The van der Waals surface area contributed by atoms with Crippen LogP contribution >= 0.6 is 0 Å². The lowest BCUT2D eigenvalue weighted by molar-refractivity contribution is 0.398. The molecule has 5 heteroatoms. The summed E-state index contributed by atoms with van der Waals surface area (Å²) >= 11 is 0. The summed E-state index contributed by atoms with van der Waals surface area (Å²) in [7, 11) is -3.41. The predicted octanol–water partition coefficient (Wildman–Crippen LogP) is 2.40. The van der Waals surface area contributed by atoms with E-state index in [1.54, 1.807) is 12.1 Å². The molecule has 0 saturated carbocycles. The number of nitrogens with one attached hydrogen (secondary N) is 2. The Morgan fingerprint density at radius 2 is 1.86 bits per heavy atom. The average molecular weight is 310 g/mol. The second-order valence-electron chi connectivity index (χ2n) is 6.77. The van der Waals surface area contributed by atoms with E-state index in [-0.39, 0.29) is 11.5 Å². The van der Waals surface area contributed by atoms with Gasteiger partial charge in [-0.25, -0.2) is 13.1 Å². The Hall–Kier alpha value is -0.910. The fraction of sp³-hybridized carbons (Fsp3) is 0.625. The summed E-state index contributed by atoms with van der Waals surface area (Å²) in [5, 5.41) is 3.35. The minimum absolute atomic E-state index is 0.0295. The molecular weight excluding hydrogens is 284 g/mol. The third kappa shape index (κ3) is 4.53. The van der Waals surface area contributed by atoms with Crippen LogP contribution in [-0.2, 0) is 15.4 Å². The lowest BCUT2D eigenvalue weighted by Crippen LogP contribution is -2.43. The number of hydrogen-bond acceptors (Lipinski definition) is 3. The van der Waals surface area contributed by atoms with Gasteiger partial charge in [0.15, 0.2) is 0 Å². The monoisotopic (exact) mass is 310 g/mol. The van der Waals surface area contributed by atoms with E-state index in [1.807, 2.05) is 12.1 Å². The van der Waals surface area contributed by atoms with Crippen LogP contribution in [0.15, 0.2) is 29.2 Å². The summed E-state index contributed by atoms with van der Waals surface area (Å²) in [5.41, 5.74) is 1.16. The number of hydrogen-bond donors (Lipinski definition) is 2. The summed E-state index contributed by atoms with van der Waals surface area (Å²) in [5.74, 6) is 0. The van der Waals surface area contributed by atoms with E-state index in [0.717, 1.165) is 18.5 Å². The maximum Gasteiger partial charge on any atom is 0.240 e. The summed E-state index contributed by atoms with van der Waals surface area (Å²) in [4.78, 5) is 0.339. The molecule has 1 saturated heterocycles. The Morgan fingerprint density at radius 3 is 2.38 bits per heavy atom. The van der Waals surface area contributed by atoms with Crippen molar-refractivity contribution in [1.29, 1.82) is 0 Å². The zero-order chi connectivity index (χ0) is 15.5. The van der Waals surface area contributed by atoms with Crippen molar-refractivity contribution in [2.24, 2.45) is 0 Å². The van der Waals surface area contributed by atoms with Gasteiger partial charge in [0.1, 0.15) is 0 Å². The molecular formula is C16H26N2O2S. The van der Waals surface area contributed by atoms with Crippen LogP contribution in [0.1, 0.15) is 45.6 Å². The van der Waals surface area contributed by atoms with Gasteiger partial charge in [-0.2, -0.15) is 0 Å². The van der Waals surface area contributed by atoms with Crippen LogP contribution in [0.4, 0.5) is 0 Å². The summed E-state index contributed by atoms with van der Waals surface area (Å²) < 4.78 is 27.3. The Kier molecular flexibility index (Phi) is 5.07. The smallest absolute Gasteiger partial charge is 0.240 e. The van der Waals surface area contributed by atoms with Crippen molar-refractivity contribution in [1.82, 2.24) is 10.0 Å². The highest BCUT2D eigenvalue weighted by molar-refractivity contribution is 7.89. The second kappa shape index (κ2) is 6.46. The van der Waals surface area contributed by atoms with Crippen LogP contribution in [0.25, 0.3) is 0 Å². The van der Waals surface area contributed by atoms with Crippen molar-refractivity contribution in [2.75, 3.05) is 13.1 Å². The highest BCUT2D eigenvalue weighted by atomic mass is 32.2. The summed E-state index contributed by atoms with van der Waals surface area (Å²) in [6.07, 6.45) is 3.38. The molecule has 1 unspecified atom stereocenters. The van der Waals surface area contributed by atoms with E-state index >= 15 is 0 Å². The van der Waals surface area contributed by atoms with E-state index in [9.17, 15) is 8.42 Å². The van der Waals surface area contributed by atoms with E-state index < -0.39 is 10.0 Å². The van der Waals surface area contributed by atoms with E-state index in [0.29, 0.717) is 11.4 Å². The van der Waals surface area contributed by atoms with Crippen LogP contribution in [0.2, 0.25) is 0 Å². The van der Waals surface area contributed by atoms with Gasteiger partial charge in [-0.3, -0.25) is 0 Å². The van der Waals surface area contributed by atoms with Crippen molar-refractivity contribution < 1.29 is 8.42 Å². The van der Waals surface area contributed by atoms with Gasteiger partial charge >= 0.3 is 0 Å². The minimum atomic E-state index is -3.41. The van der Waals surface area contributed by atoms with Crippen LogP contribution < -0.4 is 10.0 Å². The maximum atomic E-state index is 12.3. The third-order valence-corrected chi connectivity index (χ3v) is 5.40. The third-order valence-electron chi connectivity index (χ3n) is 3.96. The summed E-state index contributed by atoms with van der Waals surface area (Å²) in [6.45, 7) is 7.78. The first-order valence-corrected chi connectivity index (χ1v) is 9.11. The van der Waals surface area contributed by atoms with E-state index in [1.165, 1.54) is 12.8 Å². The SMILES string of the molecule is CC(C)(C)c1ccc(S(=O)(=O)NCC2CCCCN2)cc1.